The first-order chi connectivity index (χ1) is 29.3. The predicted molar refractivity (Wildman–Crippen MR) is 225 cm³/mol. The lowest BCUT2D eigenvalue weighted by atomic mass is 9.65. The lowest BCUT2D eigenvalue weighted by Gasteiger charge is -2.48. The third-order valence-electron chi connectivity index (χ3n) is 14.1. The van der Waals surface area contributed by atoms with Gasteiger partial charge in [-0.2, -0.15) is 0 Å². The highest BCUT2D eigenvalue weighted by atomic mass is 32.2. The fraction of sp³-hybridized carbons (Fsp3) is 0.543. The van der Waals surface area contributed by atoms with E-state index in [1.54, 1.807) is 19.1 Å². The summed E-state index contributed by atoms with van der Waals surface area (Å²) in [6.07, 6.45) is 12.1. The fourth-order valence-electron chi connectivity index (χ4n) is 10.0. The molecule has 3 aromatic rings. The van der Waals surface area contributed by atoms with E-state index in [4.69, 9.17) is 14.5 Å². The Labute approximate surface area is 355 Å². The molecule has 2 aromatic carbocycles. The van der Waals surface area contributed by atoms with Gasteiger partial charge in [0.25, 0.3) is 5.91 Å². The summed E-state index contributed by atoms with van der Waals surface area (Å²) < 4.78 is 55.6. The van der Waals surface area contributed by atoms with Crippen LogP contribution in [0.5, 0.6) is 5.75 Å². The summed E-state index contributed by atoms with van der Waals surface area (Å²) in [5.41, 5.74) is -0.139. The number of sulfonamides is 1. The Kier molecular flexibility index (Phi) is 10.8. The minimum Gasteiger partial charge on any atom is -0.483 e. The number of carbonyl (C=O) groups is 4. The molecule has 13 nitrogen and oxygen atoms in total. The molecule has 3 saturated carbocycles. The van der Waals surface area contributed by atoms with Crippen LogP contribution in [0.15, 0.2) is 60.7 Å². The normalized spacial score (nSPS) is 28.9. The zero-order valence-corrected chi connectivity index (χ0v) is 35.4. The number of aromatic nitrogens is 1. The van der Waals surface area contributed by atoms with Crippen molar-refractivity contribution in [1.82, 2.24) is 25.2 Å². The molecule has 1 saturated heterocycles. The van der Waals surface area contributed by atoms with Gasteiger partial charge in [0, 0.05) is 28.9 Å². The van der Waals surface area contributed by atoms with Crippen molar-refractivity contribution < 1.29 is 41.5 Å². The Bertz CT molecular complexity index is 2400. The summed E-state index contributed by atoms with van der Waals surface area (Å²) in [4.78, 5) is 64.1. The van der Waals surface area contributed by atoms with Gasteiger partial charge in [-0.15, -0.1) is 0 Å². The topological polar surface area (TPSA) is 173 Å². The van der Waals surface area contributed by atoms with Crippen molar-refractivity contribution in [1.29, 1.82) is 0 Å². The van der Waals surface area contributed by atoms with Crippen LogP contribution >= 0.6 is 0 Å². The van der Waals surface area contributed by atoms with Crippen LogP contribution in [0.4, 0.5) is 9.18 Å². The standard InChI is InChI=1S/C46H54FN5O8S/c1-44(24-25-44)61(57,58)51-42(55)46-23-20-30(46)13-5-3-2-4-6-19-36(49-43(56)59-32-15-7-8-16-32)41(54)52-28-45(27-37(52)40(53)50-46)22-21-34-33-17-9-10-18-35(33)48-38(39(34)60-45)29-12-11-14-31(47)26-29/h5,9-14,17-18,26,30,32,36-37H,2-4,6-8,15-16,19-25,27-28H2,1H3,(H,49,56)(H,50,53)(H,51,55). The fourth-order valence-corrected chi connectivity index (χ4v) is 11.3. The number of benzene rings is 2. The first-order valence-corrected chi connectivity index (χ1v) is 23.5. The number of hydrogen-bond donors (Lipinski definition) is 3. The zero-order valence-electron chi connectivity index (χ0n) is 34.6. The summed E-state index contributed by atoms with van der Waals surface area (Å²) >= 11 is 0. The van der Waals surface area contributed by atoms with E-state index in [0.717, 1.165) is 55.0 Å². The van der Waals surface area contributed by atoms with Gasteiger partial charge < -0.3 is 25.0 Å². The van der Waals surface area contributed by atoms with Crippen molar-refractivity contribution >= 4 is 44.7 Å². The van der Waals surface area contributed by atoms with Gasteiger partial charge in [0.15, 0.2) is 0 Å². The van der Waals surface area contributed by atoms with Crippen LogP contribution in [0.2, 0.25) is 0 Å². The van der Waals surface area contributed by atoms with Gasteiger partial charge in [-0.25, -0.2) is 22.6 Å². The van der Waals surface area contributed by atoms with E-state index in [0.29, 0.717) is 68.4 Å². The van der Waals surface area contributed by atoms with Crippen LogP contribution in [0, 0.1) is 11.7 Å². The summed E-state index contributed by atoms with van der Waals surface area (Å²) in [6, 6.07) is 11.6. The van der Waals surface area contributed by atoms with Crippen molar-refractivity contribution in [2.45, 2.75) is 144 Å². The largest absolute Gasteiger partial charge is 0.483 e. The SMILES string of the molecule is CC1(S(=O)(=O)NC(=O)C23CCC2C=CCCCCCC(NC(=O)OC2CCCC2)C(=O)N2CC4(CCc5c(c(-c6cccc(F)c6)nc6ccccc56)O4)CC2C(=O)N3)CC1. The number of alkyl carbamates (subject to hydrolysis) is 1. The number of fused-ring (bicyclic) bond motifs is 5. The molecule has 15 heteroatoms. The number of aryl methyl sites for hydroxylation is 1. The first-order valence-electron chi connectivity index (χ1n) is 22.0. The van der Waals surface area contributed by atoms with E-state index < -0.39 is 73.5 Å². The maximum atomic E-state index is 15.0. The average molecular weight is 856 g/mol. The first kappa shape index (κ1) is 41.3. The molecule has 3 N–H and O–H groups in total. The van der Waals surface area contributed by atoms with Crippen LogP contribution in [-0.2, 0) is 35.6 Å². The number of allylic oxidation sites excluding steroid dienone is 1. The molecule has 5 atom stereocenters. The van der Waals surface area contributed by atoms with E-state index in [1.165, 1.54) is 17.0 Å². The number of ether oxygens (including phenoxy) is 2. The minimum absolute atomic E-state index is 0.0239. The highest BCUT2D eigenvalue weighted by Crippen LogP contribution is 2.49. The molecule has 1 spiro atoms. The van der Waals surface area contributed by atoms with E-state index in [-0.39, 0.29) is 25.5 Å². The Balaban J connectivity index is 1.09. The summed E-state index contributed by atoms with van der Waals surface area (Å²) in [5, 5.41) is 6.76. The number of nitrogens with one attached hydrogen (secondary N) is 3. The van der Waals surface area contributed by atoms with Crippen LogP contribution < -0.4 is 20.1 Å². The van der Waals surface area contributed by atoms with Crippen molar-refractivity contribution in [3.8, 4) is 17.0 Å². The number of amides is 4. The van der Waals surface area contributed by atoms with Crippen molar-refractivity contribution in [3.05, 3.63) is 72.1 Å². The van der Waals surface area contributed by atoms with Crippen LogP contribution in [0.1, 0.15) is 109 Å². The van der Waals surface area contributed by atoms with Gasteiger partial charge in [-0.1, -0.05) is 55.3 Å². The number of pyridine rings is 1. The number of nitrogens with zero attached hydrogens (tertiary/aromatic N) is 2. The van der Waals surface area contributed by atoms with Crippen LogP contribution in [-0.4, -0.2) is 82.7 Å². The zero-order chi connectivity index (χ0) is 42.6. The van der Waals surface area contributed by atoms with E-state index in [1.807, 2.05) is 36.4 Å². The van der Waals surface area contributed by atoms with Gasteiger partial charge >= 0.3 is 6.09 Å². The number of para-hydroxylation sites is 1. The van der Waals surface area contributed by atoms with Crippen LogP contribution in [0.25, 0.3) is 22.2 Å². The van der Waals surface area contributed by atoms with Crippen LogP contribution in [0.3, 0.4) is 0 Å². The quantitative estimate of drug-likeness (QED) is 0.233. The third kappa shape index (κ3) is 7.87. The number of rotatable bonds is 6. The lowest BCUT2D eigenvalue weighted by molar-refractivity contribution is -0.144. The molecule has 4 heterocycles. The number of halogens is 1. The van der Waals surface area contributed by atoms with Gasteiger partial charge in [-0.05, 0) is 109 Å². The van der Waals surface area contributed by atoms with E-state index in [9.17, 15) is 22.4 Å². The predicted octanol–water partition coefficient (Wildman–Crippen LogP) is 6.53. The monoisotopic (exact) mass is 855 g/mol. The van der Waals surface area contributed by atoms with Gasteiger partial charge in [-0.3, -0.25) is 19.1 Å². The van der Waals surface area contributed by atoms with Crippen molar-refractivity contribution in [2.75, 3.05) is 6.54 Å². The molecule has 324 valence electrons. The maximum Gasteiger partial charge on any atom is 0.408 e. The van der Waals surface area contributed by atoms with E-state index >= 15 is 9.59 Å². The smallest absolute Gasteiger partial charge is 0.408 e. The van der Waals surface area contributed by atoms with Gasteiger partial charge in [0.05, 0.1) is 16.8 Å². The molecular weight excluding hydrogens is 802 g/mol. The Morgan fingerprint density at radius 1 is 0.967 bits per heavy atom. The van der Waals surface area contributed by atoms with Gasteiger partial charge in [0.2, 0.25) is 21.8 Å². The molecule has 9 rings (SSSR count). The second-order valence-corrected chi connectivity index (χ2v) is 20.5. The molecular formula is C46H54FN5O8S. The molecule has 6 aliphatic rings. The second-order valence-electron chi connectivity index (χ2n) is 18.3. The maximum absolute atomic E-state index is 15.0. The molecule has 1 aromatic heterocycles. The van der Waals surface area contributed by atoms with E-state index in [2.05, 4.69) is 15.4 Å². The second kappa shape index (κ2) is 16.0. The summed E-state index contributed by atoms with van der Waals surface area (Å²) in [6.45, 7) is 1.58. The lowest BCUT2D eigenvalue weighted by Crippen LogP contribution is -2.70. The molecule has 3 aliphatic carbocycles. The third-order valence-corrected chi connectivity index (χ3v) is 16.3. The molecule has 3 aliphatic heterocycles. The highest BCUT2D eigenvalue weighted by molar-refractivity contribution is 7.91. The van der Waals surface area contributed by atoms with Crippen molar-refractivity contribution in [3.63, 3.8) is 0 Å². The van der Waals surface area contributed by atoms with Gasteiger partial charge in [0.1, 0.15) is 46.6 Å². The Hall–Kier alpha value is -5.05. The summed E-state index contributed by atoms with van der Waals surface area (Å²) in [5.74, 6) is -2.36. The highest BCUT2D eigenvalue weighted by Gasteiger charge is 2.59. The number of hydrogen-bond acceptors (Lipinski definition) is 9. The molecule has 61 heavy (non-hydrogen) atoms. The molecule has 0 bridgehead atoms. The Morgan fingerprint density at radius 3 is 2.51 bits per heavy atom. The minimum atomic E-state index is -4.04. The molecule has 4 fully saturated rings. The average Bonchev–Trinajstić information content (AvgIpc) is 3.61. The van der Waals surface area contributed by atoms with Crippen molar-refractivity contribution in [2.24, 2.45) is 5.92 Å². The molecule has 5 unspecified atom stereocenters. The molecule has 0 radical (unpaired) electrons. The molecule has 4 amide bonds. The summed E-state index contributed by atoms with van der Waals surface area (Å²) in [7, 11) is -4.04. The Morgan fingerprint density at radius 2 is 1.75 bits per heavy atom. The number of carbonyl (C=O) groups excluding carboxylic acids is 4.